The summed E-state index contributed by atoms with van der Waals surface area (Å²) in [5.74, 6) is 0.546. The molecule has 0 saturated heterocycles. The van der Waals surface area contributed by atoms with Crippen LogP contribution in [0.25, 0.3) is 0 Å². The van der Waals surface area contributed by atoms with E-state index in [1.54, 1.807) is 24.3 Å². The minimum absolute atomic E-state index is 0.137. The summed E-state index contributed by atoms with van der Waals surface area (Å²) < 4.78 is 37.3. The molecular weight excluding hydrogens is 326 g/mol. The van der Waals surface area contributed by atoms with Crippen molar-refractivity contribution in [3.63, 3.8) is 0 Å². The first-order valence-electron chi connectivity index (χ1n) is 6.41. The Hall–Kier alpha value is -1.92. The van der Waals surface area contributed by atoms with Gasteiger partial charge in [0.1, 0.15) is 11.5 Å². The lowest BCUT2D eigenvalue weighted by molar-refractivity contribution is 0.405. The van der Waals surface area contributed by atoms with Gasteiger partial charge >= 0.3 is 0 Å². The van der Waals surface area contributed by atoms with Gasteiger partial charge in [-0.3, -0.25) is 4.72 Å². The number of sulfonamides is 1. The molecule has 0 amide bonds. The highest BCUT2D eigenvalue weighted by Crippen LogP contribution is 2.36. The van der Waals surface area contributed by atoms with Gasteiger partial charge in [0.05, 0.1) is 30.7 Å². The topological polar surface area (TPSA) is 64.6 Å². The molecule has 0 aromatic heterocycles. The second kappa shape index (κ2) is 6.89. The van der Waals surface area contributed by atoms with Crippen LogP contribution >= 0.6 is 11.6 Å². The van der Waals surface area contributed by atoms with Crippen molar-refractivity contribution in [1.82, 2.24) is 0 Å². The molecule has 22 heavy (non-hydrogen) atoms. The second-order valence-electron chi connectivity index (χ2n) is 4.53. The Morgan fingerprint density at radius 1 is 1.05 bits per heavy atom. The van der Waals surface area contributed by atoms with Gasteiger partial charge in [-0.05, 0) is 5.56 Å². The molecule has 0 radical (unpaired) electrons. The molecule has 118 valence electrons. The summed E-state index contributed by atoms with van der Waals surface area (Å²) in [5.41, 5.74) is 0.967. The zero-order chi connectivity index (χ0) is 16.2. The van der Waals surface area contributed by atoms with E-state index in [0.29, 0.717) is 22.1 Å². The molecule has 0 unspecified atom stereocenters. The lowest BCUT2D eigenvalue weighted by Crippen LogP contribution is -2.15. The standard InChI is InChI=1S/C15H16ClNO4S/c1-20-14-9-13(15(21-2)8-12(14)16)17-22(18,19)10-11-6-4-3-5-7-11/h3-9,17H,10H2,1-2H3. The van der Waals surface area contributed by atoms with Gasteiger partial charge in [0, 0.05) is 12.1 Å². The van der Waals surface area contributed by atoms with Crippen molar-refractivity contribution in [1.29, 1.82) is 0 Å². The fourth-order valence-corrected chi connectivity index (χ4v) is 3.37. The van der Waals surface area contributed by atoms with Gasteiger partial charge in [0.15, 0.2) is 0 Å². The molecule has 0 bridgehead atoms. The van der Waals surface area contributed by atoms with Crippen LogP contribution in [0.15, 0.2) is 42.5 Å². The molecule has 0 aliphatic carbocycles. The molecule has 0 saturated carbocycles. The molecule has 2 aromatic rings. The Morgan fingerprint density at radius 2 is 1.68 bits per heavy atom. The zero-order valence-corrected chi connectivity index (χ0v) is 13.7. The van der Waals surface area contributed by atoms with E-state index in [4.69, 9.17) is 21.1 Å². The first-order chi connectivity index (χ1) is 10.4. The van der Waals surface area contributed by atoms with E-state index in [9.17, 15) is 8.42 Å². The van der Waals surface area contributed by atoms with Crippen LogP contribution in [-0.4, -0.2) is 22.6 Å². The second-order valence-corrected chi connectivity index (χ2v) is 6.66. The van der Waals surface area contributed by atoms with Gasteiger partial charge in [-0.25, -0.2) is 8.42 Å². The number of benzene rings is 2. The van der Waals surface area contributed by atoms with E-state index in [1.165, 1.54) is 26.4 Å². The van der Waals surface area contributed by atoms with E-state index < -0.39 is 10.0 Å². The highest BCUT2D eigenvalue weighted by atomic mass is 35.5. The van der Waals surface area contributed by atoms with Crippen molar-refractivity contribution in [2.75, 3.05) is 18.9 Å². The highest BCUT2D eigenvalue weighted by Gasteiger charge is 2.17. The first-order valence-corrected chi connectivity index (χ1v) is 8.44. The molecule has 0 aliphatic rings. The molecule has 0 heterocycles. The number of halogens is 1. The summed E-state index contributed by atoms with van der Waals surface area (Å²) in [6.45, 7) is 0. The number of ether oxygens (including phenoxy) is 2. The molecule has 7 heteroatoms. The number of nitrogens with one attached hydrogen (secondary N) is 1. The van der Waals surface area contributed by atoms with Crippen LogP contribution < -0.4 is 14.2 Å². The zero-order valence-electron chi connectivity index (χ0n) is 12.2. The Kier molecular flexibility index (Phi) is 5.15. The van der Waals surface area contributed by atoms with E-state index in [2.05, 4.69) is 4.72 Å². The summed E-state index contributed by atoms with van der Waals surface area (Å²) in [6.07, 6.45) is 0. The van der Waals surface area contributed by atoms with Crippen LogP contribution in [0.5, 0.6) is 11.5 Å². The fraction of sp³-hybridized carbons (Fsp3) is 0.200. The van der Waals surface area contributed by atoms with Crippen LogP contribution in [0.1, 0.15) is 5.56 Å². The maximum Gasteiger partial charge on any atom is 0.237 e. The largest absolute Gasteiger partial charge is 0.495 e. The lowest BCUT2D eigenvalue weighted by atomic mass is 10.2. The van der Waals surface area contributed by atoms with Gasteiger partial charge < -0.3 is 9.47 Å². The lowest BCUT2D eigenvalue weighted by Gasteiger charge is -2.14. The quantitative estimate of drug-likeness (QED) is 0.875. The summed E-state index contributed by atoms with van der Waals surface area (Å²) in [7, 11) is -0.695. The van der Waals surface area contributed by atoms with Crippen LogP contribution in [0.4, 0.5) is 5.69 Å². The first kappa shape index (κ1) is 16.5. The molecule has 1 N–H and O–H groups in total. The molecule has 0 fully saturated rings. The summed E-state index contributed by atoms with van der Waals surface area (Å²) >= 11 is 6.00. The number of hydrogen-bond donors (Lipinski definition) is 1. The normalized spacial score (nSPS) is 11.0. The van der Waals surface area contributed by atoms with Crippen molar-refractivity contribution < 1.29 is 17.9 Å². The number of methoxy groups -OCH3 is 2. The van der Waals surface area contributed by atoms with Crippen LogP contribution in [-0.2, 0) is 15.8 Å². The molecule has 0 atom stereocenters. The average molecular weight is 342 g/mol. The fourth-order valence-electron chi connectivity index (χ4n) is 1.94. The molecular formula is C15H16ClNO4S. The van der Waals surface area contributed by atoms with E-state index in [1.807, 2.05) is 6.07 Å². The predicted molar refractivity (Wildman–Crippen MR) is 87.2 cm³/mol. The molecule has 0 aliphatic heterocycles. The minimum Gasteiger partial charge on any atom is -0.495 e. The molecule has 5 nitrogen and oxygen atoms in total. The van der Waals surface area contributed by atoms with Crippen LogP contribution in [0, 0.1) is 0 Å². The summed E-state index contributed by atoms with van der Waals surface area (Å²) in [4.78, 5) is 0. The van der Waals surface area contributed by atoms with Gasteiger partial charge in [0.25, 0.3) is 0 Å². The third-order valence-electron chi connectivity index (χ3n) is 2.94. The number of hydrogen-bond acceptors (Lipinski definition) is 4. The Morgan fingerprint density at radius 3 is 2.27 bits per heavy atom. The van der Waals surface area contributed by atoms with E-state index in [0.717, 1.165) is 0 Å². The van der Waals surface area contributed by atoms with E-state index in [-0.39, 0.29) is 11.4 Å². The number of anilines is 1. The monoisotopic (exact) mass is 341 g/mol. The van der Waals surface area contributed by atoms with Crippen molar-refractivity contribution in [3.8, 4) is 11.5 Å². The maximum absolute atomic E-state index is 12.3. The Bertz CT molecular complexity index is 748. The highest BCUT2D eigenvalue weighted by molar-refractivity contribution is 7.91. The Balaban J connectivity index is 2.29. The smallest absolute Gasteiger partial charge is 0.237 e. The van der Waals surface area contributed by atoms with Gasteiger partial charge in [-0.1, -0.05) is 41.9 Å². The van der Waals surface area contributed by atoms with Crippen molar-refractivity contribution >= 4 is 27.3 Å². The van der Waals surface area contributed by atoms with Gasteiger partial charge in [0.2, 0.25) is 10.0 Å². The number of rotatable bonds is 6. The Labute approximate surface area is 134 Å². The minimum atomic E-state index is -3.59. The average Bonchev–Trinajstić information content (AvgIpc) is 2.48. The van der Waals surface area contributed by atoms with Crippen molar-refractivity contribution in [3.05, 3.63) is 53.1 Å². The van der Waals surface area contributed by atoms with Gasteiger partial charge in [-0.15, -0.1) is 0 Å². The maximum atomic E-state index is 12.3. The van der Waals surface area contributed by atoms with Crippen molar-refractivity contribution in [2.45, 2.75) is 5.75 Å². The summed E-state index contributed by atoms with van der Waals surface area (Å²) in [6, 6.07) is 11.9. The summed E-state index contributed by atoms with van der Waals surface area (Å²) in [5, 5.41) is 0.338. The third-order valence-corrected chi connectivity index (χ3v) is 4.48. The molecule has 0 spiro atoms. The SMILES string of the molecule is COc1cc(NS(=O)(=O)Cc2ccccc2)c(OC)cc1Cl. The van der Waals surface area contributed by atoms with Crippen LogP contribution in [0.2, 0.25) is 5.02 Å². The van der Waals surface area contributed by atoms with Crippen molar-refractivity contribution in [2.24, 2.45) is 0 Å². The molecule has 2 aromatic carbocycles. The molecule has 2 rings (SSSR count). The van der Waals surface area contributed by atoms with Crippen LogP contribution in [0.3, 0.4) is 0 Å². The van der Waals surface area contributed by atoms with E-state index >= 15 is 0 Å². The third kappa shape index (κ3) is 4.05. The van der Waals surface area contributed by atoms with Gasteiger partial charge in [-0.2, -0.15) is 0 Å². The predicted octanol–water partition coefficient (Wildman–Crippen LogP) is 3.30.